The summed E-state index contributed by atoms with van der Waals surface area (Å²) < 4.78 is 11.5. The van der Waals surface area contributed by atoms with Crippen molar-refractivity contribution in [3.05, 3.63) is 76.2 Å². The SMILES string of the molecule is COCCCN1C(=S)N[C@H](c2ccccn2)[C@H]1c1ccc(-c2cccc(Cl)c2Cl)o1. The van der Waals surface area contributed by atoms with Gasteiger partial charge >= 0.3 is 0 Å². The number of hydrogen-bond acceptors (Lipinski definition) is 4. The summed E-state index contributed by atoms with van der Waals surface area (Å²) in [6, 6.07) is 15.0. The lowest BCUT2D eigenvalue weighted by Gasteiger charge is -2.26. The number of thiocarbonyl (C=S) groups is 1. The summed E-state index contributed by atoms with van der Waals surface area (Å²) in [6.45, 7) is 1.39. The molecule has 156 valence electrons. The van der Waals surface area contributed by atoms with Crippen LogP contribution in [0.3, 0.4) is 0 Å². The lowest BCUT2D eigenvalue weighted by atomic mass is 10.0. The van der Waals surface area contributed by atoms with Crippen LogP contribution in [0.1, 0.15) is 30.0 Å². The number of hydrogen-bond donors (Lipinski definition) is 1. The molecule has 1 N–H and O–H groups in total. The van der Waals surface area contributed by atoms with E-state index in [1.54, 1.807) is 19.4 Å². The van der Waals surface area contributed by atoms with Crippen molar-refractivity contribution < 1.29 is 9.15 Å². The van der Waals surface area contributed by atoms with Crippen LogP contribution in [0.15, 0.2) is 59.1 Å². The second-order valence-corrected chi connectivity index (χ2v) is 8.14. The second kappa shape index (κ2) is 9.35. The number of ether oxygens (including phenoxy) is 1. The summed E-state index contributed by atoms with van der Waals surface area (Å²) in [6.07, 6.45) is 2.63. The van der Waals surface area contributed by atoms with E-state index in [1.807, 2.05) is 42.5 Å². The van der Waals surface area contributed by atoms with Crippen molar-refractivity contribution >= 4 is 40.5 Å². The van der Waals surface area contributed by atoms with Crippen molar-refractivity contribution in [3.63, 3.8) is 0 Å². The number of methoxy groups -OCH3 is 1. The van der Waals surface area contributed by atoms with Crippen LogP contribution >= 0.6 is 35.4 Å². The fourth-order valence-electron chi connectivity index (χ4n) is 3.69. The van der Waals surface area contributed by atoms with Gasteiger partial charge in [0.15, 0.2) is 5.11 Å². The number of pyridine rings is 1. The monoisotopic (exact) mass is 461 g/mol. The second-order valence-electron chi connectivity index (χ2n) is 6.97. The Labute approximate surface area is 190 Å². The quantitative estimate of drug-likeness (QED) is 0.361. The van der Waals surface area contributed by atoms with Gasteiger partial charge in [-0.2, -0.15) is 0 Å². The Balaban J connectivity index is 1.71. The summed E-state index contributed by atoms with van der Waals surface area (Å²) in [7, 11) is 1.70. The van der Waals surface area contributed by atoms with Crippen LogP contribution in [-0.2, 0) is 4.74 Å². The van der Waals surface area contributed by atoms with E-state index in [2.05, 4.69) is 15.2 Å². The van der Waals surface area contributed by atoms with Crippen LogP contribution in [0.25, 0.3) is 11.3 Å². The smallest absolute Gasteiger partial charge is 0.170 e. The molecule has 1 aromatic carbocycles. The third-order valence-electron chi connectivity index (χ3n) is 5.08. The molecule has 2 atom stereocenters. The highest BCUT2D eigenvalue weighted by Crippen LogP contribution is 2.42. The van der Waals surface area contributed by atoms with E-state index in [-0.39, 0.29) is 12.1 Å². The van der Waals surface area contributed by atoms with Crippen molar-refractivity contribution in [1.82, 2.24) is 15.2 Å². The number of rotatable bonds is 7. The van der Waals surface area contributed by atoms with Crippen LogP contribution in [0, 0.1) is 0 Å². The third kappa shape index (κ3) is 4.18. The van der Waals surface area contributed by atoms with Gasteiger partial charge in [-0.05, 0) is 55.0 Å². The van der Waals surface area contributed by atoms with Gasteiger partial charge in [-0.3, -0.25) is 4.98 Å². The Kier molecular flexibility index (Phi) is 6.58. The van der Waals surface area contributed by atoms with Gasteiger partial charge in [0, 0.05) is 32.0 Å². The normalized spacial score (nSPS) is 18.6. The maximum absolute atomic E-state index is 6.40. The lowest BCUT2D eigenvalue weighted by molar-refractivity contribution is 0.177. The first-order valence-electron chi connectivity index (χ1n) is 9.61. The predicted molar refractivity (Wildman–Crippen MR) is 123 cm³/mol. The molecular weight excluding hydrogens is 441 g/mol. The predicted octanol–water partition coefficient (Wildman–Crippen LogP) is 5.66. The molecule has 1 saturated heterocycles. The standard InChI is InChI=1S/C22H21Cl2N3O2S/c1-28-13-5-12-27-21(20(26-22(27)30)16-8-2-3-11-25-16)18-10-9-17(29-18)14-6-4-7-15(23)19(14)24/h2-4,6-11,20-21H,5,12-13H2,1H3,(H,26,30)/t20-,21-/m1/s1. The van der Waals surface area contributed by atoms with E-state index in [4.69, 9.17) is 44.6 Å². The molecule has 30 heavy (non-hydrogen) atoms. The topological polar surface area (TPSA) is 50.5 Å². The highest BCUT2D eigenvalue weighted by atomic mass is 35.5. The van der Waals surface area contributed by atoms with Gasteiger partial charge in [0.1, 0.15) is 17.6 Å². The maximum Gasteiger partial charge on any atom is 0.170 e. The Hall–Kier alpha value is -2.12. The van der Waals surface area contributed by atoms with Crippen molar-refractivity contribution in [2.24, 2.45) is 0 Å². The summed E-state index contributed by atoms with van der Waals surface area (Å²) >= 11 is 18.2. The first-order chi connectivity index (χ1) is 14.6. The largest absolute Gasteiger partial charge is 0.459 e. The molecule has 0 amide bonds. The molecule has 5 nitrogen and oxygen atoms in total. The summed E-state index contributed by atoms with van der Waals surface area (Å²) in [4.78, 5) is 6.67. The van der Waals surface area contributed by atoms with E-state index in [9.17, 15) is 0 Å². The average Bonchev–Trinajstić information content (AvgIpc) is 3.36. The number of nitrogens with zero attached hydrogens (tertiary/aromatic N) is 2. The minimum atomic E-state index is -0.143. The molecule has 0 saturated carbocycles. The van der Waals surface area contributed by atoms with Crippen molar-refractivity contribution in [2.45, 2.75) is 18.5 Å². The van der Waals surface area contributed by atoms with Crippen LogP contribution in [0.5, 0.6) is 0 Å². The lowest BCUT2D eigenvalue weighted by Crippen LogP contribution is -2.31. The van der Waals surface area contributed by atoms with Gasteiger partial charge in [-0.25, -0.2) is 0 Å². The van der Waals surface area contributed by atoms with Crippen molar-refractivity contribution in [3.8, 4) is 11.3 Å². The van der Waals surface area contributed by atoms with Gasteiger partial charge in [0.2, 0.25) is 0 Å². The minimum Gasteiger partial charge on any atom is -0.459 e. The average molecular weight is 462 g/mol. The highest BCUT2D eigenvalue weighted by molar-refractivity contribution is 7.80. The number of aromatic nitrogens is 1. The molecular formula is C22H21Cl2N3O2S. The molecule has 1 fully saturated rings. The molecule has 0 bridgehead atoms. The van der Waals surface area contributed by atoms with E-state index in [1.165, 1.54) is 0 Å². The van der Waals surface area contributed by atoms with E-state index in [0.717, 1.165) is 30.0 Å². The molecule has 2 aromatic heterocycles. The first kappa shape index (κ1) is 21.1. The molecule has 0 radical (unpaired) electrons. The molecule has 3 aromatic rings. The Morgan fingerprint density at radius 2 is 2.03 bits per heavy atom. The zero-order valence-corrected chi connectivity index (χ0v) is 18.7. The first-order valence-corrected chi connectivity index (χ1v) is 10.8. The highest BCUT2D eigenvalue weighted by Gasteiger charge is 2.41. The third-order valence-corrected chi connectivity index (χ3v) is 6.25. The Bertz CT molecular complexity index is 1030. The minimum absolute atomic E-state index is 0.130. The van der Waals surface area contributed by atoms with E-state index >= 15 is 0 Å². The molecule has 3 heterocycles. The zero-order valence-electron chi connectivity index (χ0n) is 16.3. The number of nitrogens with one attached hydrogen (secondary N) is 1. The van der Waals surface area contributed by atoms with Gasteiger partial charge in [-0.15, -0.1) is 0 Å². The zero-order chi connectivity index (χ0) is 21.1. The van der Waals surface area contributed by atoms with Gasteiger partial charge < -0.3 is 19.4 Å². The Morgan fingerprint density at radius 1 is 1.17 bits per heavy atom. The number of halogens is 2. The molecule has 4 rings (SSSR count). The molecule has 1 aliphatic rings. The summed E-state index contributed by atoms with van der Waals surface area (Å²) in [5.74, 6) is 1.44. The van der Waals surface area contributed by atoms with Crippen molar-refractivity contribution in [2.75, 3.05) is 20.3 Å². The maximum atomic E-state index is 6.40. The van der Waals surface area contributed by atoms with E-state index in [0.29, 0.717) is 27.5 Å². The van der Waals surface area contributed by atoms with Gasteiger partial charge in [-0.1, -0.05) is 35.3 Å². The number of benzene rings is 1. The van der Waals surface area contributed by atoms with Crippen LogP contribution in [0.4, 0.5) is 0 Å². The Morgan fingerprint density at radius 3 is 2.80 bits per heavy atom. The summed E-state index contributed by atoms with van der Waals surface area (Å²) in [5, 5.41) is 5.04. The van der Waals surface area contributed by atoms with Crippen LogP contribution in [-0.4, -0.2) is 35.3 Å². The molecule has 8 heteroatoms. The van der Waals surface area contributed by atoms with Crippen molar-refractivity contribution in [1.29, 1.82) is 0 Å². The summed E-state index contributed by atoms with van der Waals surface area (Å²) in [5.41, 5.74) is 1.65. The van der Waals surface area contributed by atoms with Crippen LogP contribution in [0.2, 0.25) is 10.0 Å². The molecule has 0 spiro atoms. The van der Waals surface area contributed by atoms with Gasteiger partial charge in [0.05, 0.1) is 21.8 Å². The molecule has 1 aliphatic heterocycles. The van der Waals surface area contributed by atoms with E-state index < -0.39 is 0 Å². The number of furan rings is 1. The van der Waals surface area contributed by atoms with Gasteiger partial charge in [0.25, 0.3) is 0 Å². The van der Waals surface area contributed by atoms with Crippen LogP contribution < -0.4 is 5.32 Å². The fraction of sp³-hybridized carbons (Fsp3) is 0.273. The fourth-order valence-corrected chi connectivity index (χ4v) is 4.41. The molecule has 0 aliphatic carbocycles. The molecule has 0 unspecified atom stereocenters.